The fourth-order valence-corrected chi connectivity index (χ4v) is 2.68. The predicted molar refractivity (Wildman–Crippen MR) is 86.0 cm³/mol. The van der Waals surface area contributed by atoms with E-state index in [1.165, 1.54) is 7.11 Å². The number of carbonyl (C=O) groups excluding carboxylic acids is 3. The Labute approximate surface area is 140 Å². The smallest absolute Gasteiger partial charge is 0.407 e. The maximum absolute atomic E-state index is 11.9. The second-order valence-corrected chi connectivity index (χ2v) is 5.67. The van der Waals surface area contributed by atoms with Crippen LogP contribution in [-0.2, 0) is 25.7 Å². The number of benzene rings is 1. The quantitative estimate of drug-likeness (QED) is 0.607. The SMILES string of the molecule is COC(=O)CC(=O)N[C@@H]1CCC[C@H]1NC(=O)OCc1ccccc1. The van der Waals surface area contributed by atoms with Crippen molar-refractivity contribution in [3.63, 3.8) is 0 Å². The Hall–Kier alpha value is -2.57. The first kappa shape index (κ1) is 17.8. The highest BCUT2D eigenvalue weighted by atomic mass is 16.5. The second-order valence-electron chi connectivity index (χ2n) is 5.67. The molecule has 2 atom stereocenters. The lowest BCUT2D eigenvalue weighted by molar-refractivity contribution is -0.144. The lowest BCUT2D eigenvalue weighted by Gasteiger charge is -2.21. The number of rotatable bonds is 6. The van der Waals surface area contributed by atoms with E-state index in [0.717, 1.165) is 24.8 Å². The van der Waals surface area contributed by atoms with Gasteiger partial charge in [0.2, 0.25) is 5.91 Å². The average molecular weight is 334 g/mol. The molecule has 24 heavy (non-hydrogen) atoms. The van der Waals surface area contributed by atoms with Crippen molar-refractivity contribution in [3.05, 3.63) is 35.9 Å². The van der Waals surface area contributed by atoms with E-state index >= 15 is 0 Å². The van der Waals surface area contributed by atoms with E-state index in [0.29, 0.717) is 0 Å². The van der Waals surface area contributed by atoms with Crippen LogP contribution in [0.4, 0.5) is 4.79 Å². The number of ether oxygens (including phenoxy) is 2. The molecular formula is C17H22N2O5. The Bertz CT molecular complexity index is 576. The van der Waals surface area contributed by atoms with Gasteiger partial charge in [-0.2, -0.15) is 0 Å². The number of amides is 2. The Morgan fingerprint density at radius 3 is 2.42 bits per heavy atom. The predicted octanol–water partition coefficient (Wildman–Crippen LogP) is 1.51. The van der Waals surface area contributed by atoms with Crippen LogP contribution in [-0.4, -0.2) is 37.2 Å². The Morgan fingerprint density at radius 1 is 1.08 bits per heavy atom. The van der Waals surface area contributed by atoms with Gasteiger partial charge >= 0.3 is 12.1 Å². The fourth-order valence-electron chi connectivity index (χ4n) is 2.68. The van der Waals surface area contributed by atoms with Crippen molar-refractivity contribution < 1.29 is 23.9 Å². The van der Waals surface area contributed by atoms with Crippen LogP contribution >= 0.6 is 0 Å². The average Bonchev–Trinajstić information content (AvgIpc) is 3.00. The van der Waals surface area contributed by atoms with E-state index in [-0.39, 0.29) is 25.1 Å². The number of carbonyl (C=O) groups is 3. The standard InChI is InChI=1S/C17H22N2O5/c1-23-16(21)10-15(20)18-13-8-5-9-14(13)19-17(22)24-11-12-6-3-2-4-7-12/h2-4,6-7,13-14H,5,8-11H2,1H3,(H,18,20)(H,19,22)/t13-,14-/m1/s1. The molecular weight excluding hydrogens is 312 g/mol. The minimum Gasteiger partial charge on any atom is -0.469 e. The van der Waals surface area contributed by atoms with Crippen molar-refractivity contribution in [1.29, 1.82) is 0 Å². The molecule has 0 saturated heterocycles. The molecule has 0 aromatic heterocycles. The highest BCUT2D eigenvalue weighted by Crippen LogP contribution is 2.19. The van der Waals surface area contributed by atoms with Crippen molar-refractivity contribution >= 4 is 18.0 Å². The lowest BCUT2D eigenvalue weighted by atomic mass is 10.1. The van der Waals surface area contributed by atoms with Gasteiger partial charge in [-0.25, -0.2) is 4.79 Å². The van der Waals surface area contributed by atoms with E-state index in [2.05, 4.69) is 15.4 Å². The van der Waals surface area contributed by atoms with Crippen LogP contribution in [0.3, 0.4) is 0 Å². The summed E-state index contributed by atoms with van der Waals surface area (Å²) in [4.78, 5) is 34.8. The van der Waals surface area contributed by atoms with Gasteiger partial charge in [0.25, 0.3) is 0 Å². The maximum atomic E-state index is 11.9. The first-order valence-corrected chi connectivity index (χ1v) is 7.92. The molecule has 0 spiro atoms. The fraction of sp³-hybridized carbons (Fsp3) is 0.471. The largest absolute Gasteiger partial charge is 0.469 e. The van der Waals surface area contributed by atoms with E-state index in [4.69, 9.17) is 4.74 Å². The molecule has 2 amide bonds. The third-order valence-electron chi connectivity index (χ3n) is 3.91. The summed E-state index contributed by atoms with van der Waals surface area (Å²) in [6.07, 6.45) is 1.54. The van der Waals surface area contributed by atoms with Crippen LogP contribution in [0, 0.1) is 0 Å². The summed E-state index contributed by atoms with van der Waals surface area (Å²) in [5.74, 6) is -0.990. The van der Waals surface area contributed by atoms with E-state index in [1.807, 2.05) is 30.3 Å². The summed E-state index contributed by atoms with van der Waals surface area (Å²) in [5.41, 5.74) is 0.905. The molecule has 1 aliphatic rings. The summed E-state index contributed by atoms with van der Waals surface area (Å²) in [6, 6.07) is 8.99. The molecule has 1 saturated carbocycles. The minimum atomic E-state index is -0.586. The molecule has 1 aliphatic carbocycles. The molecule has 2 rings (SSSR count). The molecule has 1 aromatic carbocycles. The zero-order valence-corrected chi connectivity index (χ0v) is 13.6. The van der Waals surface area contributed by atoms with E-state index in [1.54, 1.807) is 0 Å². The van der Waals surface area contributed by atoms with Gasteiger partial charge in [-0.1, -0.05) is 30.3 Å². The highest BCUT2D eigenvalue weighted by Gasteiger charge is 2.30. The van der Waals surface area contributed by atoms with Gasteiger partial charge < -0.3 is 20.1 Å². The topological polar surface area (TPSA) is 93.7 Å². The van der Waals surface area contributed by atoms with Gasteiger partial charge in [0.05, 0.1) is 13.2 Å². The van der Waals surface area contributed by atoms with Crippen LogP contribution < -0.4 is 10.6 Å². The van der Waals surface area contributed by atoms with Crippen LogP contribution in [0.1, 0.15) is 31.2 Å². The lowest BCUT2D eigenvalue weighted by Crippen LogP contribution is -2.49. The molecule has 0 radical (unpaired) electrons. The molecule has 2 N–H and O–H groups in total. The maximum Gasteiger partial charge on any atom is 0.407 e. The molecule has 7 nitrogen and oxygen atoms in total. The van der Waals surface area contributed by atoms with Gasteiger partial charge in [0.15, 0.2) is 0 Å². The molecule has 1 aromatic rings. The molecule has 7 heteroatoms. The third-order valence-corrected chi connectivity index (χ3v) is 3.91. The first-order valence-electron chi connectivity index (χ1n) is 7.92. The summed E-state index contributed by atoms with van der Waals surface area (Å²) in [5, 5.41) is 5.54. The zero-order valence-electron chi connectivity index (χ0n) is 13.6. The highest BCUT2D eigenvalue weighted by molar-refractivity contribution is 5.94. The van der Waals surface area contributed by atoms with Gasteiger partial charge in [-0.15, -0.1) is 0 Å². The number of esters is 1. The molecule has 130 valence electrons. The van der Waals surface area contributed by atoms with Gasteiger partial charge in [-0.05, 0) is 24.8 Å². The van der Waals surface area contributed by atoms with E-state index < -0.39 is 18.0 Å². The molecule has 0 bridgehead atoms. The first-order chi connectivity index (χ1) is 11.6. The second kappa shape index (κ2) is 8.90. The van der Waals surface area contributed by atoms with Crippen molar-refractivity contribution in [2.75, 3.05) is 7.11 Å². The summed E-state index contributed by atoms with van der Waals surface area (Å²) in [7, 11) is 1.23. The minimum absolute atomic E-state index is 0.193. The molecule has 0 aliphatic heterocycles. The summed E-state index contributed by atoms with van der Waals surface area (Å²) < 4.78 is 9.65. The molecule has 1 fully saturated rings. The third kappa shape index (κ3) is 5.57. The Morgan fingerprint density at radius 2 is 1.75 bits per heavy atom. The van der Waals surface area contributed by atoms with Crippen LogP contribution in [0.2, 0.25) is 0 Å². The summed E-state index contributed by atoms with van der Waals surface area (Å²) in [6.45, 7) is 0.193. The number of hydrogen-bond acceptors (Lipinski definition) is 5. The molecule has 0 unspecified atom stereocenters. The van der Waals surface area contributed by atoms with Crippen molar-refractivity contribution in [1.82, 2.24) is 10.6 Å². The van der Waals surface area contributed by atoms with Gasteiger partial charge in [0, 0.05) is 6.04 Å². The van der Waals surface area contributed by atoms with Crippen LogP contribution in [0.5, 0.6) is 0 Å². The van der Waals surface area contributed by atoms with E-state index in [9.17, 15) is 14.4 Å². The monoisotopic (exact) mass is 334 g/mol. The van der Waals surface area contributed by atoms with Crippen molar-refractivity contribution in [3.8, 4) is 0 Å². The normalized spacial score (nSPS) is 19.4. The van der Waals surface area contributed by atoms with Crippen molar-refractivity contribution in [2.24, 2.45) is 0 Å². The Kier molecular flexibility index (Phi) is 6.60. The van der Waals surface area contributed by atoms with Crippen LogP contribution in [0.15, 0.2) is 30.3 Å². The van der Waals surface area contributed by atoms with Crippen LogP contribution in [0.25, 0.3) is 0 Å². The number of nitrogens with one attached hydrogen (secondary N) is 2. The number of alkyl carbamates (subject to hydrolysis) is 1. The molecule has 0 heterocycles. The Balaban J connectivity index is 1.77. The van der Waals surface area contributed by atoms with Crippen molar-refractivity contribution in [2.45, 2.75) is 44.4 Å². The number of methoxy groups -OCH3 is 1. The van der Waals surface area contributed by atoms with Gasteiger partial charge in [0.1, 0.15) is 13.0 Å². The number of hydrogen-bond donors (Lipinski definition) is 2. The zero-order chi connectivity index (χ0) is 17.4. The summed E-state index contributed by atoms with van der Waals surface area (Å²) >= 11 is 0. The van der Waals surface area contributed by atoms with Gasteiger partial charge in [-0.3, -0.25) is 9.59 Å².